The molecular formula is C18H23ClN4O4S. The highest BCUT2D eigenvalue weighted by Crippen LogP contribution is 2.29. The SMILES string of the molecule is CCC1=C(Cl)N=C(C(=O)N[C@@H]2CCN(c3nc(C)c(C(=O)O)s3)C[C@@H]2OC)C1. The minimum atomic E-state index is -0.970. The third-order valence-corrected chi connectivity index (χ3v) is 6.58. The standard InChI is InChI=1S/C18H23ClN4O4S/c1-4-10-7-12(21-15(10)19)16(24)22-11-5-6-23(8-13(11)27-3)18-20-9(2)14(28-18)17(25)26/h11,13H,4-8H2,1-3H3,(H,22,24)(H,25,26)/t11-,13+/m1/s1. The van der Waals surface area contributed by atoms with Gasteiger partial charge in [0.15, 0.2) is 5.13 Å². The second-order valence-corrected chi connectivity index (χ2v) is 8.12. The molecule has 0 aliphatic carbocycles. The van der Waals surface area contributed by atoms with Gasteiger partial charge in [0.1, 0.15) is 15.7 Å². The van der Waals surface area contributed by atoms with Crippen LogP contribution in [0.15, 0.2) is 15.7 Å². The third kappa shape index (κ3) is 4.21. The highest BCUT2D eigenvalue weighted by atomic mass is 35.5. The summed E-state index contributed by atoms with van der Waals surface area (Å²) in [5.74, 6) is -1.19. The van der Waals surface area contributed by atoms with E-state index in [-0.39, 0.29) is 22.9 Å². The molecule has 2 aliphatic heterocycles. The average molecular weight is 427 g/mol. The number of hydrogen-bond donors (Lipinski definition) is 2. The lowest BCUT2D eigenvalue weighted by Gasteiger charge is -2.37. The average Bonchev–Trinajstić information content (AvgIpc) is 3.24. The zero-order valence-corrected chi connectivity index (χ0v) is 17.6. The first-order valence-electron chi connectivity index (χ1n) is 9.08. The van der Waals surface area contributed by atoms with Crippen molar-refractivity contribution in [3.63, 3.8) is 0 Å². The molecule has 2 atom stereocenters. The number of halogens is 1. The maximum atomic E-state index is 12.6. The van der Waals surface area contributed by atoms with Crippen molar-refractivity contribution in [2.75, 3.05) is 25.1 Å². The van der Waals surface area contributed by atoms with Crippen molar-refractivity contribution >= 4 is 45.7 Å². The molecule has 0 spiro atoms. The first-order valence-corrected chi connectivity index (χ1v) is 10.3. The Bertz CT molecular complexity index is 851. The molecule has 1 amide bonds. The van der Waals surface area contributed by atoms with Crippen LogP contribution in [-0.2, 0) is 9.53 Å². The lowest BCUT2D eigenvalue weighted by atomic mass is 10.0. The molecule has 0 bridgehead atoms. The van der Waals surface area contributed by atoms with E-state index in [4.69, 9.17) is 16.3 Å². The Morgan fingerprint density at radius 3 is 2.79 bits per heavy atom. The lowest BCUT2D eigenvalue weighted by Crippen LogP contribution is -2.55. The second-order valence-electron chi connectivity index (χ2n) is 6.79. The molecule has 2 aliphatic rings. The van der Waals surface area contributed by atoms with E-state index >= 15 is 0 Å². The van der Waals surface area contributed by atoms with Crippen molar-refractivity contribution in [1.29, 1.82) is 0 Å². The molecule has 1 aromatic rings. The van der Waals surface area contributed by atoms with Crippen molar-refractivity contribution in [2.45, 2.75) is 45.3 Å². The quantitative estimate of drug-likeness (QED) is 0.677. The Morgan fingerprint density at radius 1 is 1.46 bits per heavy atom. The minimum Gasteiger partial charge on any atom is -0.477 e. The molecule has 0 unspecified atom stereocenters. The monoisotopic (exact) mass is 426 g/mol. The summed E-state index contributed by atoms with van der Waals surface area (Å²) >= 11 is 7.23. The first-order chi connectivity index (χ1) is 13.3. The van der Waals surface area contributed by atoms with Crippen LogP contribution in [0.5, 0.6) is 0 Å². The molecule has 1 fully saturated rings. The number of aliphatic imine (C=N–C) groups is 1. The van der Waals surface area contributed by atoms with Crippen LogP contribution in [-0.4, -0.2) is 60.0 Å². The van der Waals surface area contributed by atoms with Gasteiger partial charge < -0.3 is 20.1 Å². The van der Waals surface area contributed by atoms with Gasteiger partial charge in [-0.2, -0.15) is 0 Å². The van der Waals surface area contributed by atoms with Crippen LogP contribution in [0.3, 0.4) is 0 Å². The predicted octanol–water partition coefficient (Wildman–Crippen LogP) is 2.56. The fraction of sp³-hybridized carbons (Fsp3) is 0.556. The summed E-state index contributed by atoms with van der Waals surface area (Å²) in [4.78, 5) is 34.7. The fourth-order valence-electron chi connectivity index (χ4n) is 3.38. The van der Waals surface area contributed by atoms with Gasteiger partial charge in [0.05, 0.1) is 17.8 Å². The zero-order chi connectivity index (χ0) is 20.4. The molecule has 152 valence electrons. The zero-order valence-electron chi connectivity index (χ0n) is 16.0. The Balaban J connectivity index is 1.64. The van der Waals surface area contributed by atoms with Crippen molar-refractivity contribution in [2.24, 2.45) is 4.99 Å². The number of hydrogen-bond acceptors (Lipinski definition) is 7. The van der Waals surface area contributed by atoms with Crippen LogP contribution in [0.25, 0.3) is 0 Å². The van der Waals surface area contributed by atoms with Crippen LogP contribution >= 0.6 is 22.9 Å². The number of nitrogens with one attached hydrogen (secondary N) is 1. The number of carbonyl (C=O) groups is 2. The van der Waals surface area contributed by atoms with Crippen LogP contribution in [0, 0.1) is 6.92 Å². The van der Waals surface area contributed by atoms with Gasteiger partial charge in [0.2, 0.25) is 0 Å². The van der Waals surface area contributed by atoms with Crippen molar-refractivity contribution in [3.8, 4) is 0 Å². The molecule has 28 heavy (non-hydrogen) atoms. The van der Waals surface area contributed by atoms with Gasteiger partial charge in [-0.05, 0) is 25.3 Å². The van der Waals surface area contributed by atoms with E-state index in [1.54, 1.807) is 14.0 Å². The van der Waals surface area contributed by atoms with Crippen molar-refractivity contribution in [3.05, 3.63) is 21.3 Å². The molecule has 8 nitrogen and oxygen atoms in total. The van der Waals surface area contributed by atoms with Crippen molar-refractivity contribution < 1.29 is 19.4 Å². The molecule has 1 aromatic heterocycles. The maximum Gasteiger partial charge on any atom is 0.347 e. The first kappa shape index (κ1) is 20.8. The Labute approximate surface area is 172 Å². The molecule has 0 saturated carbocycles. The minimum absolute atomic E-state index is 0.166. The van der Waals surface area contributed by atoms with Crippen LogP contribution < -0.4 is 10.2 Å². The number of aromatic nitrogens is 1. The van der Waals surface area contributed by atoms with Gasteiger partial charge in [-0.25, -0.2) is 14.8 Å². The summed E-state index contributed by atoms with van der Waals surface area (Å²) in [6.45, 7) is 4.83. The Morgan fingerprint density at radius 2 is 2.21 bits per heavy atom. The molecule has 10 heteroatoms. The topological polar surface area (TPSA) is 104 Å². The molecule has 0 aromatic carbocycles. The highest BCUT2D eigenvalue weighted by molar-refractivity contribution is 7.17. The van der Waals surface area contributed by atoms with Crippen LogP contribution in [0.4, 0.5) is 5.13 Å². The van der Waals surface area contributed by atoms with E-state index in [9.17, 15) is 14.7 Å². The third-order valence-electron chi connectivity index (χ3n) is 5.02. The van der Waals surface area contributed by atoms with E-state index in [2.05, 4.69) is 15.3 Å². The van der Waals surface area contributed by atoms with E-state index in [1.165, 1.54) is 0 Å². The smallest absolute Gasteiger partial charge is 0.347 e. The normalized spacial score (nSPS) is 22.4. The number of ether oxygens (including phenoxy) is 1. The van der Waals surface area contributed by atoms with Gasteiger partial charge >= 0.3 is 5.97 Å². The number of aromatic carboxylic acids is 1. The second kappa shape index (κ2) is 8.59. The van der Waals surface area contributed by atoms with Gasteiger partial charge in [-0.3, -0.25) is 4.79 Å². The predicted molar refractivity (Wildman–Crippen MR) is 109 cm³/mol. The number of aryl methyl sites for hydroxylation is 1. The van der Waals surface area contributed by atoms with Gasteiger partial charge in [-0.15, -0.1) is 0 Å². The number of carbonyl (C=O) groups excluding carboxylic acids is 1. The highest BCUT2D eigenvalue weighted by Gasteiger charge is 2.33. The molecule has 0 radical (unpaired) electrons. The number of piperidine rings is 1. The number of carboxylic acids is 1. The molecule has 2 N–H and O–H groups in total. The number of amides is 1. The van der Waals surface area contributed by atoms with Gasteiger partial charge in [0, 0.05) is 26.6 Å². The number of allylic oxidation sites excluding steroid dienone is 1. The summed E-state index contributed by atoms with van der Waals surface area (Å²) in [5, 5.41) is 13.3. The number of anilines is 1. The van der Waals surface area contributed by atoms with Crippen LogP contribution in [0.2, 0.25) is 0 Å². The molecular weight excluding hydrogens is 404 g/mol. The van der Waals surface area contributed by atoms with Gasteiger partial charge in [-0.1, -0.05) is 29.9 Å². The van der Waals surface area contributed by atoms with E-state index < -0.39 is 5.97 Å². The fourth-order valence-corrected chi connectivity index (χ4v) is 4.62. The molecule has 3 rings (SSSR count). The number of nitrogens with zero attached hydrogens (tertiary/aromatic N) is 3. The molecule has 1 saturated heterocycles. The number of methoxy groups -OCH3 is 1. The van der Waals surface area contributed by atoms with E-state index in [0.29, 0.717) is 47.6 Å². The van der Waals surface area contributed by atoms with E-state index in [1.807, 2.05) is 11.8 Å². The Kier molecular flexibility index (Phi) is 6.36. The number of rotatable bonds is 6. The molecule has 3 heterocycles. The largest absolute Gasteiger partial charge is 0.477 e. The summed E-state index contributed by atoms with van der Waals surface area (Å²) in [6.07, 6.45) is 1.66. The number of thiazole rings is 1. The van der Waals surface area contributed by atoms with E-state index in [0.717, 1.165) is 23.3 Å². The van der Waals surface area contributed by atoms with Crippen LogP contribution in [0.1, 0.15) is 41.6 Å². The summed E-state index contributed by atoms with van der Waals surface area (Å²) in [6, 6.07) is -0.166. The summed E-state index contributed by atoms with van der Waals surface area (Å²) in [5.41, 5.74) is 1.91. The van der Waals surface area contributed by atoms with Gasteiger partial charge in [0.25, 0.3) is 5.91 Å². The van der Waals surface area contributed by atoms with Crippen molar-refractivity contribution in [1.82, 2.24) is 10.3 Å². The lowest BCUT2D eigenvalue weighted by molar-refractivity contribution is -0.116. The summed E-state index contributed by atoms with van der Waals surface area (Å²) < 4.78 is 5.59. The Hall–Kier alpha value is -1.97. The number of carboxylic acid groups (broad SMARTS) is 1. The summed E-state index contributed by atoms with van der Waals surface area (Å²) in [7, 11) is 1.60. The maximum absolute atomic E-state index is 12.6.